The van der Waals surface area contributed by atoms with E-state index in [0.29, 0.717) is 23.6 Å². The summed E-state index contributed by atoms with van der Waals surface area (Å²) in [6.07, 6.45) is -2.51. The Hall–Kier alpha value is -2.50. The number of aliphatic hydroxyl groups is 4. The normalized spacial score (nSPS) is 26.9. The van der Waals surface area contributed by atoms with Crippen LogP contribution in [0.5, 0.6) is 11.5 Å². The van der Waals surface area contributed by atoms with Gasteiger partial charge in [0.05, 0.1) is 19.9 Å². The lowest BCUT2D eigenvalue weighted by atomic mass is 9.98. The second kappa shape index (κ2) is 9.33. The molecule has 1 aromatic carbocycles. The average molecular weight is 407 g/mol. The van der Waals surface area contributed by atoms with Crippen LogP contribution in [0.4, 0.5) is 0 Å². The van der Waals surface area contributed by atoms with Gasteiger partial charge < -0.3 is 34.6 Å². The number of aromatic nitrogens is 3. The van der Waals surface area contributed by atoms with Crippen molar-refractivity contribution in [2.75, 3.05) is 13.7 Å². The van der Waals surface area contributed by atoms with Crippen molar-refractivity contribution in [2.24, 2.45) is 0 Å². The number of nitrogens with zero attached hydrogens (tertiary/aromatic N) is 3. The summed E-state index contributed by atoms with van der Waals surface area (Å²) in [4.78, 5) is 0. The van der Waals surface area contributed by atoms with Crippen LogP contribution in [0.2, 0.25) is 0 Å². The highest BCUT2D eigenvalue weighted by molar-refractivity contribution is 5.43. The Morgan fingerprint density at radius 1 is 1.21 bits per heavy atom. The van der Waals surface area contributed by atoms with Gasteiger partial charge in [-0.05, 0) is 24.1 Å². The minimum absolute atomic E-state index is 0.0780. The van der Waals surface area contributed by atoms with Crippen LogP contribution in [-0.2, 0) is 17.8 Å². The van der Waals surface area contributed by atoms with Crippen LogP contribution in [0, 0.1) is 0 Å². The highest BCUT2D eigenvalue weighted by atomic mass is 16.6. The van der Waals surface area contributed by atoms with Crippen molar-refractivity contribution in [2.45, 2.75) is 43.7 Å². The van der Waals surface area contributed by atoms with E-state index < -0.39 is 37.3 Å². The maximum atomic E-state index is 10.2. The Kier molecular flexibility index (Phi) is 6.83. The number of hydrogen-bond donors (Lipinski definition) is 4. The van der Waals surface area contributed by atoms with Crippen molar-refractivity contribution in [3.05, 3.63) is 48.3 Å². The average Bonchev–Trinajstić information content (AvgIpc) is 3.20. The van der Waals surface area contributed by atoms with Crippen LogP contribution in [0.3, 0.4) is 0 Å². The molecule has 1 aliphatic heterocycles. The summed E-state index contributed by atoms with van der Waals surface area (Å²) in [6, 6.07) is 5.56. The van der Waals surface area contributed by atoms with Gasteiger partial charge in [0.1, 0.15) is 36.7 Å². The summed E-state index contributed by atoms with van der Waals surface area (Å²) in [5.41, 5.74) is 1.48. The third-order valence-corrected chi connectivity index (χ3v) is 4.67. The molecule has 0 saturated carbocycles. The van der Waals surface area contributed by atoms with Gasteiger partial charge in [-0.2, -0.15) is 0 Å². The van der Waals surface area contributed by atoms with Crippen molar-refractivity contribution >= 4 is 0 Å². The molecule has 1 fully saturated rings. The summed E-state index contributed by atoms with van der Waals surface area (Å²) in [6.45, 7) is 3.27. The molecule has 2 heterocycles. The van der Waals surface area contributed by atoms with Crippen LogP contribution in [0.1, 0.15) is 17.5 Å². The lowest BCUT2D eigenvalue weighted by molar-refractivity contribution is -0.254. The molecule has 0 aliphatic carbocycles. The molecule has 1 aromatic heterocycles. The van der Waals surface area contributed by atoms with E-state index in [4.69, 9.17) is 14.2 Å². The third-order valence-electron chi connectivity index (χ3n) is 4.67. The summed E-state index contributed by atoms with van der Waals surface area (Å²) in [5.74, 6) is 1.10. The monoisotopic (exact) mass is 407 g/mol. The van der Waals surface area contributed by atoms with Crippen LogP contribution < -0.4 is 9.47 Å². The summed E-state index contributed by atoms with van der Waals surface area (Å²) in [7, 11) is 1.55. The number of ether oxygens (including phenoxy) is 3. The first-order valence-electron chi connectivity index (χ1n) is 9.10. The molecule has 0 unspecified atom stereocenters. The van der Waals surface area contributed by atoms with E-state index in [1.54, 1.807) is 19.3 Å². The molecule has 10 heteroatoms. The molecular weight excluding hydrogens is 382 g/mol. The first kappa shape index (κ1) is 21.2. The molecule has 3 rings (SSSR count). The lowest BCUT2D eigenvalue weighted by Crippen LogP contribution is -2.56. The van der Waals surface area contributed by atoms with Crippen LogP contribution in [0.15, 0.2) is 37.1 Å². The Bertz CT molecular complexity index is 826. The van der Waals surface area contributed by atoms with Gasteiger partial charge in [-0.1, -0.05) is 17.4 Å². The molecule has 1 saturated heterocycles. The predicted molar refractivity (Wildman–Crippen MR) is 100 cm³/mol. The zero-order chi connectivity index (χ0) is 21.0. The van der Waals surface area contributed by atoms with E-state index in [1.807, 2.05) is 12.1 Å². The van der Waals surface area contributed by atoms with Crippen molar-refractivity contribution in [1.29, 1.82) is 0 Å². The molecule has 158 valence electrons. The SMILES string of the molecule is C=CCc1ccc(OCc2cn([C@@H]3O[C@H](CO)[C@@H](O)[C@H](O)[C@H]3O)nn2)c(OC)c1. The topological polar surface area (TPSA) is 139 Å². The van der Waals surface area contributed by atoms with E-state index in [9.17, 15) is 20.4 Å². The van der Waals surface area contributed by atoms with Crippen molar-refractivity contribution in [1.82, 2.24) is 15.0 Å². The summed E-state index contributed by atoms with van der Waals surface area (Å²) in [5, 5.41) is 47.1. The molecule has 10 nitrogen and oxygen atoms in total. The molecule has 0 bridgehead atoms. The van der Waals surface area contributed by atoms with Gasteiger partial charge in [0.15, 0.2) is 17.7 Å². The van der Waals surface area contributed by atoms with Crippen molar-refractivity contribution in [3.8, 4) is 11.5 Å². The molecule has 0 amide bonds. The minimum Gasteiger partial charge on any atom is -0.493 e. The first-order chi connectivity index (χ1) is 14.0. The van der Waals surface area contributed by atoms with Gasteiger partial charge in [-0.3, -0.25) is 0 Å². The molecule has 1 aliphatic rings. The van der Waals surface area contributed by atoms with Crippen LogP contribution in [-0.4, -0.2) is 73.6 Å². The Morgan fingerprint density at radius 3 is 2.69 bits per heavy atom. The number of methoxy groups -OCH3 is 1. The van der Waals surface area contributed by atoms with Gasteiger partial charge in [-0.25, -0.2) is 4.68 Å². The quantitative estimate of drug-likeness (QED) is 0.429. The van der Waals surface area contributed by atoms with E-state index in [2.05, 4.69) is 16.9 Å². The Morgan fingerprint density at radius 2 is 2.00 bits per heavy atom. The van der Waals surface area contributed by atoms with Crippen molar-refractivity contribution < 1.29 is 34.6 Å². The zero-order valence-electron chi connectivity index (χ0n) is 16.0. The third kappa shape index (κ3) is 4.57. The van der Waals surface area contributed by atoms with Crippen molar-refractivity contribution in [3.63, 3.8) is 0 Å². The number of rotatable bonds is 8. The first-order valence-corrected chi connectivity index (χ1v) is 9.10. The molecule has 5 atom stereocenters. The second-order valence-electron chi connectivity index (χ2n) is 6.68. The number of benzene rings is 1. The van der Waals surface area contributed by atoms with E-state index >= 15 is 0 Å². The van der Waals surface area contributed by atoms with E-state index in [0.717, 1.165) is 5.56 Å². The Labute approximate surface area is 167 Å². The highest BCUT2D eigenvalue weighted by Crippen LogP contribution is 2.30. The fraction of sp³-hybridized carbons (Fsp3) is 0.474. The van der Waals surface area contributed by atoms with Gasteiger partial charge >= 0.3 is 0 Å². The maximum Gasteiger partial charge on any atom is 0.180 e. The smallest absolute Gasteiger partial charge is 0.180 e. The van der Waals surface area contributed by atoms with Crippen LogP contribution >= 0.6 is 0 Å². The largest absolute Gasteiger partial charge is 0.493 e. The fourth-order valence-corrected chi connectivity index (χ4v) is 3.08. The van der Waals surface area contributed by atoms with Gasteiger partial charge in [0.25, 0.3) is 0 Å². The molecule has 0 radical (unpaired) electrons. The minimum atomic E-state index is -1.49. The number of hydrogen-bond acceptors (Lipinski definition) is 9. The molecular formula is C19H25N3O7. The number of allylic oxidation sites excluding steroid dienone is 1. The molecule has 0 spiro atoms. The summed E-state index contributed by atoms with van der Waals surface area (Å²) >= 11 is 0. The number of aliphatic hydroxyl groups excluding tert-OH is 4. The predicted octanol–water partition coefficient (Wildman–Crippen LogP) is -0.433. The molecule has 2 aromatic rings. The summed E-state index contributed by atoms with van der Waals surface area (Å²) < 4.78 is 17.8. The van der Waals surface area contributed by atoms with E-state index in [1.165, 1.54) is 10.9 Å². The Balaban J connectivity index is 1.68. The van der Waals surface area contributed by atoms with Crippen LogP contribution in [0.25, 0.3) is 0 Å². The standard InChI is InChI=1S/C19H25N3O7/c1-3-4-11-5-6-13(14(7-11)27-2)28-10-12-8-22(21-20-12)19-18(26)17(25)16(24)15(9-23)29-19/h3,5-8,15-19,23-26H,1,4,9-10H2,2H3/t15-,16-,17+,18-,19-/m1/s1. The molecule has 29 heavy (non-hydrogen) atoms. The van der Waals surface area contributed by atoms with Gasteiger partial charge in [0.2, 0.25) is 0 Å². The second-order valence-corrected chi connectivity index (χ2v) is 6.68. The van der Waals surface area contributed by atoms with E-state index in [-0.39, 0.29) is 6.61 Å². The van der Waals surface area contributed by atoms with Gasteiger partial charge in [-0.15, -0.1) is 11.7 Å². The molecule has 4 N–H and O–H groups in total. The lowest BCUT2D eigenvalue weighted by Gasteiger charge is -2.39. The van der Waals surface area contributed by atoms with Gasteiger partial charge in [0, 0.05) is 0 Å². The fourth-order valence-electron chi connectivity index (χ4n) is 3.08. The highest BCUT2D eigenvalue weighted by Gasteiger charge is 2.44. The zero-order valence-corrected chi connectivity index (χ0v) is 16.0. The maximum absolute atomic E-state index is 10.2.